The Bertz CT molecular complexity index is 498. The number of carbonyl (C=O) groups excluding carboxylic acids is 1. The van der Waals surface area contributed by atoms with Crippen LogP contribution in [0.2, 0.25) is 18.1 Å². The minimum absolute atomic E-state index is 0.207. The lowest BCUT2D eigenvalue weighted by atomic mass is 9.91. The molecular formula is C16H24O2Si. The first-order valence-corrected chi connectivity index (χ1v) is 9.92. The van der Waals surface area contributed by atoms with Crippen LogP contribution in [0.15, 0.2) is 18.2 Å². The number of benzene rings is 1. The molecule has 0 aromatic heterocycles. The Balaban J connectivity index is 2.22. The van der Waals surface area contributed by atoms with Crippen molar-refractivity contribution in [3.8, 4) is 5.75 Å². The van der Waals surface area contributed by atoms with Gasteiger partial charge in [0.05, 0.1) is 0 Å². The van der Waals surface area contributed by atoms with E-state index in [4.69, 9.17) is 4.43 Å². The summed E-state index contributed by atoms with van der Waals surface area (Å²) < 4.78 is 6.31. The van der Waals surface area contributed by atoms with Crippen LogP contribution in [0.3, 0.4) is 0 Å². The maximum Gasteiger partial charge on any atom is 0.250 e. The Morgan fingerprint density at radius 3 is 2.42 bits per heavy atom. The zero-order chi connectivity index (χ0) is 14.3. The second kappa shape index (κ2) is 4.78. The average Bonchev–Trinajstić information content (AvgIpc) is 2.27. The molecule has 2 nitrogen and oxygen atoms in total. The average molecular weight is 276 g/mol. The van der Waals surface area contributed by atoms with Gasteiger partial charge in [0.2, 0.25) is 8.32 Å². The molecule has 0 fully saturated rings. The molecule has 0 bridgehead atoms. The van der Waals surface area contributed by atoms with Crippen molar-refractivity contribution in [2.24, 2.45) is 0 Å². The fourth-order valence-electron chi connectivity index (χ4n) is 2.09. The number of rotatable bonds is 2. The maximum atomic E-state index is 11.4. The van der Waals surface area contributed by atoms with Gasteiger partial charge in [0.25, 0.3) is 0 Å². The van der Waals surface area contributed by atoms with Crippen LogP contribution in [-0.2, 0) is 17.6 Å². The summed E-state index contributed by atoms with van der Waals surface area (Å²) in [5, 5.41) is 0.207. The topological polar surface area (TPSA) is 26.3 Å². The molecule has 0 heterocycles. The van der Waals surface area contributed by atoms with Crippen molar-refractivity contribution >= 4 is 14.1 Å². The van der Waals surface area contributed by atoms with Crippen LogP contribution in [0, 0.1) is 0 Å². The van der Waals surface area contributed by atoms with Crippen LogP contribution in [-0.4, -0.2) is 14.1 Å². The fourth-order valence-corrected chi connectivity index (χ4v) is 3.12. The Kier molecular flexibility index (Phi) is 3.60. The van der Waals surface area contributed by atoms with Crippen LogP contribution < -0.4 is 4.43 Å². The Morgan fingerprint density at radius 2 is 1.79 bits per heavy atom. The standard InChI is InChI=1S/C16H24O2Si/c1-16(2,3)19(4,5)18-15-9-7-12-10-14(17)8-6-13(12)11-15/h7,9,11H,6,8,10H2,1-5H3. The molecule has 1 aliphatic carbocycles. The quantitative estimate of drug-likeness (QED) is 0.759. The zero-order valence-corrected chi connectivity index (χ0v) is 13.7. The smallest absolute Gasteiger partial charge is 0.250 e. The van der Waals surface area contributed by atoms with E-state index in [-0.39, 0.29) is 5.04 Å². The van der Waals surface area contributed by atoms with E-state index in [9.17, 15) is 4.79 Å². The van der Waals surface area contributed by atoms with E-state index in [0.29, 0.717) is 18.6 Å². The summed E-state index contributed by atoms with van der Waals surface area (Å²) in [4.78, 5) is 11.4. The largest absolute Gasteiger partial charge is 0.543 e. The first kappa shape index (κ1) is 14.3. The number of aryl methyl sites for hydroxylation is 1. The monoisotopic (exact) mass is 276 g/mol. The summed E-state index contributed by atoms with van der Waals surface area (Å²) >= 11 is 0. The summed E-state index contributed by atoms with van der Waals surface area (Å²) in [6.07, 6.45) is 2.13. The number of fused-ring (bicyclic) bond motifs is 1. The van der Waals surface area contributed by atoms with Crippen LogP contribution in [0.5, 0.6) is 5.75 Å². The lowest BCUT2D eigenvalue weighted by molar-refractivity contribution is -0.118. The van der Waals surface area contributed by atoms with Crippen molar-refractivity contribution in [2.75, 3.05) is 0 Å². The second-order valence-corrected chi connectivity index (χ2v) is 11.7. The van der Waals surface area contributed by atoms with Gasteiger partial charge in [-0.15, -0.1) is 0 Å². The highest BCUT2D eigenvalue weighted by molar-refractivity contribution is 6.74. The van der Waals surface area contributed by atoms with Crippen LogP contribution in [0.25, 0.3) is 0 Å². The predicted octanol–water partition coefficient (Wildman–Crippen LogP) is 4.13. The van der Waals surface area contributed by atoms with Gasteiger partial charge in [0.15, 0.2) is 0 Å². The zero-order valence-electron chi connectivity index (χ0n) is 12.7. The summed E-state index contributed by atoms with van der Waals surface area (Å²) in [6.45, 7) is 11.3. The number of Topliss-reactive ketones (excluding diaryl/α,β-unsaturated/α-hetero) is 1. The van der Waals surface area contributed by atoms with Crippen molar-refractivity contribution in [3.63, 3.8) is 0 Å². The van der Waals surface area contributed by atoms with E-state index >= 15 is 0 Å². The van der Waals surface area contributed by atoms with Gasteiger partial charge in [-0.2, -0.15) is 0 Å². The third-order valence-electron chi connectivity index (χ3n) is 4.42. The van der Waals surface area contributed by atoms with E-state index in [0.717, 1.165) is 12.2 Å². The van der Waals surface area contributed by atoms with Gasteiger partial charge in [-0.3, -0.25) is 4.79 Å². The number of hydrogen-bond acceptors (Lipinski definition) is 2. The van der Waals surface area contributed by atoms with Gasteiger partial charge in [0.1, 0.15) is 11.5 Å². The predicted molar refractivity (Wildman–Crippen MR) is 81.3 cm³/mol. The highest BCUT2D eigenvalue weighted by Gasteiger charge is 2.39. The molecule has 1 aromatic carbocycles. The van der Waals surface area contributed by atoms with Crippen molar-refractivity contribution < 1.29 is 9.22 Å². The van der Waals surface area contributed by atoms with Gasteiger partial charge in [0, 0.05) is 12.8 Å². The van der Waals surface area contributed by atoms with Gasteiger partial charge in [-0.05, 0) is 47.8 Å². The molecule has 3 heteroatoms. The van der Waals surface area contributed by atoms with Crippen LogP contribution in [0.1, 0.15) is 38.3 Å². The molecule has 1 aliphatic rings. The molecule has 0 saturated heterocycles. The van der Waals surface area contributed by atoms with Crippen molar-refractivity contribution in [1.29, 1.82) is 0 Å². The molecule has 1 aromatic rings. The third kappa shape index (κ3) is 3.08. The van der Waals surface area contributed by atoms with E-state index in [2.05, 4.69) is 46.0 Å². The third-order valence-corrected chi connectivity index (χ3v) is 8.78. The Morgan fingerprint density at radius 1 is 1.11 bits per heavy atom. The highest BCUT2D eigenvalue weighted by Crippen LogP contribution is 2.38. The van der Waals surface area contributed by atoms with Crippen molar-refractivity contribution in [3.05, 3.63) is 29.3 Å². The molecule has 19 heavy (non-hydrogen) atoms. The van der Waals surface area contributed by atoms with E-state index in [1.54, 1.807) is 0 Å². The molecule has 0 N–H and O–H groups in total. The lowest BCUT2D eigenvalue weighted by Gasteiger charge is -2.36. The maximum absolute atomic E-state index is 11.4. The highest BCUT2D eigenvalue weighted by atomic mass is 28.4. The fraction of sp³-hybridized carbons (Fsp3) is 0.562. The molecule has 104 valence electrons. The van der Waals surface area contributed by atoms with Crippen LogP contribution in [0.4, 0.5) is 0 Å². The summed E-state index contributed by atoms with van der Waals surface area (Å²) in [7, 11) is -1.77. The molecule has 2 rings (SSSR count). The molecule has 0 amide bonds. The SMILES string of the molecule is CC(C)(C)[Si](C)(C)Oc1ccc2c(c1)CCC(=O)C2. The first-order chi connectivity index (χ1) is 8.69. The van der Waals surface area contributed by atoms with E-state index in [1.807, 2.05) is 6.07 Å². The minimum atomic E-state index is -1.77. The van der Waals surface area contributed by atoms with Crippen LogP contribution >= 0.6 is 0 Å². The molecule has 0 spiro atoms. The summed E-state index contributed by atoms with van der Waals surface area (Å²) in [5.74, 6) is 1.32. The first-order valence-electron chi connectivity index (χ1n) is 7.01. The van der Waals surface area contributed by atoms with E-state index < -0.39 is 8.32 Å². The summed E-state index contributed by atoms with van der Waals surface area (Å²) in [6, 6.07) is 6.23. The lowest BCUT2D eigenvalue weighted by Crippen LogP contribution is -2.43. The normalized spacial score (nSPS) is 16.2. The molecule has 0 saturated carbocycles. The Labute approximate surface area is 117 Å². The molecule has 0 aliphatic heterocycles. The second-order valence-electron chi connectivity index (χ2n) is 7.01. The Hall–Kier alpha value is -1.09. The van der Waals surface area contributed by atoms with Crippen molar-refractivity contribution in [2.45, 2.75) is 58.2 Å². The van der Waals surface area contributed by atoms with Gasteiger partial charge in [-0.25, -0.2) is 0 Å². The van der Waals surface area contributed by atoms with Gasteiger partial charge >= 0.3 is 0 Å². The van der Waals surface area contributed by atoms with Gasteiger partial charge in [-0.1, -0.05) is 26.8 Å². The summed E-state index contributed by atoms with van der Waals surface area (Å²) in [5.41, 5.74) is 2.47. The number of hydrogen-bond donors (Lipinski definition) is 0. The van der Waals surface area contributed by atoms with E-state index in [1.165, 1.54) is 11.1 Å². The molecule has 0 atom stereocenters. The number of ketones is 1. The van der Waals surface area contributed by atoms with Crippen molar-refractivity contribution in [1.82, 2.24) is 0 Å². The molecule has 0 unspecified atom stereocenters. The molecular weight excluding hydrogens is 252 g/mol. The minimum Gasteiger partial charge on any atom is -0.543 e. The molecule has 0 radical (unpaired) electrons. The number of carbonyl (C=O) groups is 1. The van der Waals surface area contributed by atoms with Gasteiger partial charge < -0.3 is 4.43 Å².